The molecule has 7 heteroatoms. The van der Waals surface area contributed by atoms with Crippen molar-refractivity contribution in [3.8, 4) is 0 Å². The van der Waals surface area contributed by atoms with E-state index in [4.69, 9.17) is 16.2 Å². The Morgan fingerprint density at radius 3 is 2.15 bits per heavy atom. The van der Waals surface area contributed by atoms with Crippen LogP contribution in [0, 0.1) is 0 Å². The Morgan fingerprint density at radius 1 is 1.15 bits per heavy atom. The molecule has 0 saturated heterocycles. The van der Waals surface area contributed by atoms with Gasteiger partial charge in [0.15, 0.2) is 6.04 Å². The van der Waals surface area contributed by atoms with Crippen molar-refractivity contribution >= 4 is 17.8 Å². The summed E-state index contributed by atoms with van der Waals surface area (Å²) in [5.74, 6) is -2.07. The van der Waals surface area contributed by atoms with Crippen molar-refractivity contribution in [2.24, 2.45) is 11.5 Å². The smallest absolute Gasteiger partial charge is 0.338 e. The second-order valence-electron chi connectivity index (χ2n) is 4.04. The van der Waals surface area contributed by atoms with Gasteiger partial charge in [0.05, 0.1) is 12.2 Å². The molecule has 1 rings (SSSR count). The van der Waals surface area contributed by atoms with Crippen LogP contribution in [-0.4, -0.2) is 30.4 Å². The highest BCUT2D eigenvalue weighted by atomic mass is 16.5. The van der Waals surface area contributed by atoms with Crippen LogP contribution in [0.1, 0.15) is 22.8 Å². The number of rotatable bonds is 7. The minimum Gasteiger partial charge on any atom is -0.462 e. The number of nitrogens with one attached hydrogen (secondary N) is 1. The van der Waals surface area contributed by atoms with E-state index in [2.05, 4.69) is 5.32 Å². The third-order valence-corrected chi connectivity index (χ3v) is 2.54. The molecular weight excluding hydrogens is 262 g/mol. The molecule has 0 radical (unpaired) electrons. The molecule has 0 spiro atoms. The molecule has 7 nitrogen and oxygen atoms in total. The van der Waals surface area contributed by atoms with Gasteiger partial charge in [0.25, 0.3) is 0 Å². The highest BCUT2D eigenvalue weighted by Crippen LogP contribution is 2.06. The lowest BCUT2D eigenvalue weighted by atomic mass is 10.1. The van der Waals surface area contributed by atoms with Crippen LogP contribution in [0.2, 0.25) is 0 Å². The van der Waals surface area contributed by atoms with Crippen LogP contribution in [0.5, 0.6) is 0 Å². The average Bonchev–Trinajstić information content (AvgIpc) is 2.39. The van der Waals surface area contributed by atoms with Crippen LogP contribution < -0.4 is 16.8 Å². The zero-order valence-electron chi connectivity index (χ0n) is 11.1. The molecule has 5 N–H and O–H groups in total. The topological polar surface area (TPSA) is 125 Å². The first-order valence-electron chi connectivity index (χ1n) is 6.03. The van der Waals surface area contributed by atoms with Gasteiger partial charge in [-0.3, -0.25) is 14.9 Å². The molecule has 1 aromatic rings. The first kappa shape index (κ1) is 15.6. The number of carbonyl (C=O) groups is 3. The largest absolute Gasteiger partial charge is 0.462 e. The third kappa shape index (κ3) is 4.36. The monoisotopic (exact) mass is 279 g/mol. The van der Waals surface area contributed by atoms with E-state index in [1.807, 2.05) is 0 Å². The predicted octanol–water partition coefficient (Wildman–Crippen LogP) is -0.708. The quantitative estimate of drug-likeness (QED) is 0.449. The highest BCUT2D eigenvalue weighted by molar-refractivity contribution is 6.02. The van der Waals surface area contributed by atoms with Gasteiger partial charge in [0.1, 0.15) is 0 Å². The highest BCUT2D eigenvalue weighted by Gasteiger charge is 2.20. The van der Waals surface area contributed by atoms with E-state index in [1.165, 1.54) is 0 Å². The molecule has 20 heavy (non-hydrogen) atoms. The summed E-state index contributed by atoms with van der Waals surface area (Å²) in [6.07, 6.45) is 0. The van der Waals surface area contributed by atoms with E-state index in [9.17, 15) is 14.4 Å². The van der Waals surface area contributed by atoms with E-state index in [1.54, 1.807) is 31.2 Å². The van der Waals surface area contributed by atoms with Crippen LogP contribution in [0.3, 0.4) is 0 Å². The maximum absolute atomic E-state index is 11.4. The summed E-state index contributed by atoms with van der Waals surface area (Å²) in [6, 6.07) is 5.33. The molecule has 0 aromatic heterocycles. The van der Waals surface area contributed by atoms with Crippen molar-refractivity contribution in [2.75, 3.05) is 6.61 Å². The molecule has 0 unspecified atom stereocenters. The summed E-state index contributed by atoms with van der Waals surface area (Å²) in [6.45, 7) is 2.25. The fraction of sp³-hybridized carbons (Fsp3) is 0.308. The fourth-order valence-corrected chi connectivity index (χ4v) is 1.53. The Morgan fingerprint density at radius 2 is 1.70 bits per heavy atom. The first-order chi connectivity index (χ1) is 9.45. The van der Waals surface area contributed by atoms with Gasteiger partial charge in [0, 0.05) is 6.54 Å². The summed E-state index contributed by atoms with van der Waals surface area (Å²) in [4.78, 5) is 33.4. The van der Waals surface area contributed by atoms with Crippen molar-refractivity contribution < 1.29 is 19.1 Å². The van der Waals surface area contributed by atoms with Gasteiger partial charge < -0.3 is 16.2 Å². The number of nitrogens with two attached hydrogens (primary N) is 2. The molecule has 2 amide bonds. The Kier molecular flexibility index (Phi) is 5.67. The number of amides is 2. The van der Waals surface area contributed by atoms with E-state index in [0.717, 1.165) is 5.56 Å². The third-order valence-electron chi connectivity index (χ3n) is 2.54. The summed E-state index contributed by atoms with van der Waals surface area (Å²) in [5, 5.41) is 2.64. The Labute approximate surface area is 116 Å². The van der Waals surface area contributed by atoms with Gasteiger partial charge in [0.2, 0.25) is 11.8 Å². The lowest BCUT2D eigenvalue weighted by molar-refractivity contribution is -0.128. The molecular formula is C13H17N3O4. The molecule has 0 heterocycles. The zero-order chi connectivity index (χ0) is 15.1. The zero-order valence-corrected chi connectivity index (χ0v) is 11.1. The lowest BCUT2D eigenvalue weighted by Gasteiger charge is -2.11. The number of primary amides is 2. The van der Waals surface area contributed by atoms with Crippen molar-refractivity contribution in [1.82, 2.24) is 5.32 Å². The summed E-state index contributed by atoms with van der Waals surface area (Å²) >= 11 is 0. The van der Waals surface area contributed by atoms with Gasteiger partial charge in [-0.05, 0) is 24.6 Å². The van der Waals surface area contributed by atoms with E-state index in [-0.39, 0.29) is 6.54 Å². The van der Waals surface area contributed by atoms with Crippen LogP contribution >= 0.6 is 0 Å². The Balaban J connectivity index is 2.64. The molecule has 0 aliphatic rings. The average molecular weight is 279 g/mol. The normalized spacial score (nSPS) is 10.3. The molecule has 1 aromatic carbocycles. The second-order valence-corrected chi connectivity index (χ2v) is 4.04. The Hall–Kier alpha value is -2.41. The number of hydrogen-bond donors (Lipinski definition) is 3. The van der Waals surface area contributed by atoms with E-state index < -0.39 is 23.8 Å². The number of hydrogen-bond acceptors (Lipinski definition) is 5. The van der Waals surface area contributed by atoms with Crippen LogP contribution in [0.25, 0.3) is 0 Å². The maximum Gasteiger partial charge on any atom is 0.338 e. The van der Waals surface area contributed by atoms with Gasteiger partial charge >= 0.3 is 5.97 Å². The standard InChI is InChI=1S/C13H17N3O4/c1-2-20-13(19)9-5-3-8(4-6-9)7-16-10(11(14)17)12(15)18/h3-6,10,16H,2,7H2,1H3,(H2,14,17)(H2,15,18). The molecule has 0 bridgehead atoms. The van der Waals surface area contributed by atoms with Gasteiger partial charge in [-0.25, -0.2) is 4.79 Å². The first-order valence-corrected chi connectivity index (χ1v) is 6.03. The van der Waals surface area contributed by atoms with Crippen LogP contribution in [0.15, 0.2) is 24.3 Å². The molecule has 0 saturated carbocycles. The maximum atomic E-state index is 11.4. The van der Waals surface area contributed by atoms with Crippen LogP contribution in [-0.2, 0) is 20.9 Å². The number of esters is 1. The summed E-state index contributed by atoms with van der Waals surface area (Å²) < 4.78 is 4.85. The van der Waals surface area contributed by atoms with Crippen molar-refractivity contribution in [2.45, 2.75) is 19.5 Å². The minimum atomic E-state index is -1.22. The number of ether oxygens (including phenoxy) is 1. The predicted molar refractivity (Wildman–Crippen MR) is 71.4 cm³/mol. The SMILES string of the molecule is CCOC(=O)c1ccc(CNC(C(N)=O)C(N)=O)cc1. The van der Waals surface area contributed by atoms with E-state index in [0.29, 0.717) is 12.2 Å². The Bertz CT molecular complexity index is 485. The minimum absolute atomic E-state index is 0.222. The fourth-order valence-electron chi connectivity index (χ4n) is 1.53. The van der Waals surface area contributed by atoms with Crippen molar-refractivity contribution in [3.05, 3.63) is 35.4 Å². The molecule has 0 fully saturated rings. The van der Waals surface area contributed by atoms with E-state index >= 15 is 0 Å². The van der Waals surface area contributed by atoms with Crippen molar-refractivity contribution in [1.29, 1.82) is 0 Å². The van der Waals surface area contributed by atoms with Gasteiger partial charge in [-0.2, -0.15) is 0 Å². The lowest BCUT2D eigenvalue weighted by Crippen LogP contribution is -2.49. The number of carbonyl (C=O) groups excluding carboxylic acids is 3. The molecule has 0 aliphatic carbocycles. The van der Waals surface area contributed by atoms with Gasteiger partial charge in [-0.15, -0.1) is 0 Å². The molecule has 0 atom stereocenters. The van der Waals surface area contributed by atoms with Crippen LogP contribution in [0.4, 0.5) is 0 Å². The summed E-state index contributed by atoms with van der Waals surface area (Å²) in [5.41, 5.74) is 11.3. The molecule has 0 aliphatic heterocycles. The van der Waals surface area contributed by atoms with Gasteiger partial charge in [-0.1, -0.05) is 12.1 Å². The number of benzene rings is 1. The summed E-state index contributed by atoms with van der Waals surface area (Å²) in [7, 11) is 0. The molecule has 108 valence electrons. The van der Waals surface area contributed by atoms with Crippen molar-refractivity contribution in [3.63, 3.8) is 0 Å². The second kappa shape index (κ2) is 7.25.